The molecule has 0 aliphatic rings. The first-order valence-corrected chi connectivity index (χ1v) is 11.6. The van der Waals surface area contributed by atoms with E-state index in [4.69, 9.17) is 0 Å². The van der Waals surface area contributed by atoms with Gasteiger partial charge in [-0.1, -0.05) is 0 Å². The number of nitrogens with one attached hydrogen (secondary N) is 1. The Morgan fingerprint density at radius 3 is 2.40 bits per heavy atom. The summed E-state index contributed by atoms with van der Waals surface area (Å²) in [7, 11) is -4.52. The van der Waals surface area contributed by atoms with Gasteiger partial charge in [0.05, 0.1) is 22.5 Å². The number of aromatic nitrogens is 3. The van der Waals surface area contributed by atoms with Crippen molar-refractivity contribution in [3.05, 3.63) is 71.9 Å². The molecule has 0 radical (unpaired) electrons. The minimum Gasteiger partial charge on any atom is -0.306 e. The minimum absolute atomic E-state index is 0.0997. The minimum atomic E-state index is -4.76. The van der Waals surface area contributed by atoms with Crippen LogP contribution in [0.3, 0.4) is 0 Å². The van der Waals surface area contributed by atoms with E-state index in [0.29, 0.717) is 29.1 Å². The van der Waals surface area contributed by atoms with Crippen LogP contribution in [0, 0.1) is 24.1 Å². The lowest BCUT2D eigenvalue weighted by Gasteiger charge is -2.17. The molecule has 1 atom stereocenters. The van der Waals surface area contributed by atoms with Crippen molar-refractivity contribution >= 4 is 20.9 Å². The summed E-state index contributed by atoms with van der Waals surface area (Å²) in [4.78, 5) is 7.64. The molecule has 7 nitrogen and oxygen atoms in total. The Bertz CT molecular complexity index is 1560. The fourth-order valence-corrected chi connectivity index (χ4v) is 4.75. The summed E-state index contributed by atoms with van der Waals surface area (Å²) in [5.74, 6) is -0.508. The SMILES string of the molecule is Cc1cc2c(cc1F)c(C#N)c(-c1ccc(S(=O)(=O)NC(C)C(F)(F)F)cn1)n2-c1ccncc1. The van der Waals surface area contributed by atoms with Crippen LogP contribution in [0.5, 0.6) is 0 Å². The van der Waals surface area contributed by atoms with Crippen LogP contribution in [-0.4, -0.2) is 35.2 Å². The van der Waals surface area contributed by atoms with E-state index in [0.717, 1.165) is 12.3 Å². The molecule has 4 rings (SSSR count). The summed E-state index contributed by atoms with van der Waals surface area (Å²) in [5.41, 5.74) is 1.98. The number of benzene rings is 1. The highest BCUT2D eigenvalue weighted by Gasteiger charge is 2.39. The fraction of sp³-hybridized carbons (Fsp3) is 0.174. The third-order valence-corrected chi connectivity index (χ3v) is 6.92. The Morgan fingerprint density at radius 1 is 1.14 bits per heavy atom. The molecule has 0 aliphatic heterocycles. The lowest BCUT2D eigenvalue weighted by Crippen LogP contribution is -2.42. The molecule has 0 saturated carbocycles. The van der Waals surface area contributed by atoms with E-state index >= 15 is 0 Å². The average molecular weight is 503 g/mol. The van der Waals surface area contributed by atoms with E-state index in [9.17, 15) is 31.2 Å². The van der Waals surface area contributed by atoms with Gasteiger partial charge in [-0.25, -0.2) is 12.8 Å². The lowest BCUT2D eigenvalue weighted by atomic mass is 10.1. The second-order valence-corrected chi connectivity index (χ2v) is 9.47. The van der Waals surface area contributed by atoms with Crippen LogP contribution in [0.15, 0.2) is 59.9 Å². The molecule has 4 aromatic rings. The number of hydrogen-bond acceptors (Lipinski definition) is 5. The second kappa shape index (κ2) is 8.75. The van der Waals surface area contributed by atoms with Crippen LogP contribution >= 0.6 is 0 Å². The molecule has 1 N–H and O–H groups in total. The molecule has 0 spiro atoms. The molecular weight excluding hydrogens is 486 g/mol. The van der Waals surface area contributed by atoms with Crippen molar-refractivity contribution in [2.45, 2.75) is 31.0 Å². The van der Waals surface area contributed by atoms with Gasteiger partial charge in [0.25, 0.3) is 0 Å². The number of nitriles is 1. The van der Waals surface area contributed by atoms with Gasteiger partial charge in [0.15, 0.2) is 0 Å². The number of pyridine rings is 2. The van der Waals surface area contributed by atoms with Crippen molar-refractivity contribution in [1.82, 2.24) is 19.3 Å². The van der Waals surface area contributed by atoms with Crippen LogP contribution in [0.25, 0.3) is 28.0 Å². The van der Waals surface area contributed by atoms with E-state index in [-0.39, 0.29) is 17.0 Å². The van der Waals surface area contributed by atoms with Crippen LogP contribution in [-0.2, 0) is 10.0 Å². The standard InChI is InChI=1S/C23H17F4N5O2S/c1-13-9-21-17(10-19(13)24)18(11-28)22(32(21)15-5-7-29-8-6-15)20-4-3-16(12-30-20)35(33,34)31-14(2)23(25,26)27/h3-10,12,14,31H,1-2H3. The number of rotatable bonds is 5. The molecule has 1 unspecified atom stereocenters. The molecule has 0 saturated heterocycles. The maximum absolute atomic E-state index is 14.4. The molecule has 3 heterocycles. The highest BCUT2D eigenvalue weighted by molar-refractivity contribution is 7.89. The van der Waals surface area contributed by atoms with Crippen LogP contribution in [0.4, 0.5) is 17.6 Å². The van der Waals surface area contributed by atoms with Gasteiger partial charge in [-0.2, -0.15) is 23.2 Å². The highest BCUT2D eigenvalue weighted by atomic mass is 32.2. The Morgan fingerprint density at radius 2 is 1.83 bits per heavy atom. The first-order chi connectivity index (χ1) is 16.4. The quantitative estimate of drug-likeness (QED) is 0.400. The maximum atomic E-state index is 14.4. The highest BCUT2D eigenvalue weighted by Crippen LogP contribution is 2.36. The predicted octanol–water partition coefficient (Wildman–Crippen LogP) is 4.64. The zero-order valence-corrected chi connectivity index (χ0v) is 19.1. The van der Waals surface area contributed by atoms with E-state index in [1.807, 2.05) is 0 Å². The molecule has 0 bridgehead atoms. The van der Waals surface area contributed by atoms with Gasteiger partial charge in [-0.15, -0.1) is 0 Å². The molecule has 0 fully saturated rings. The smallest absolute Gasteiger partial charge is 0.306 e. The molecule has 0 aliphatic carbocycles. The predicted molar refractivity (Wildman–Crippen MR) is 120 cm³/mol. The number of hydrogen-bond donors (Lipinski definition) is 1. The second-order valence-electron chi connectivity index (χ2n) is 7.76. The van der Waals surface area contributed by atoms with Gasteiger partial charge in [-0.05, 0) is 55.8 Å². The van der Waals surface area contributed by atoms with Crippen LogP contribution < -0.4 is 4.72 Å². The first-order valence-electron chi connectivity index (χ1n) is 10.1. The van der Waals surface area contributed by atoms with Gasteiger partial charge in [0, 0.05) is 29.7 Å². The van der Waals surface area contributed by atoms with Gasteiger partial charge < -0.3 is 4.57 Å². The molecule has 0 amide bonds. The van der Waals surface area contributed by atoms with Crippen molar-refractivity contribution in [3.63, 3.8) is 0 Å². The third kappa shape index (κ3) is 4.48. The summed E-state index contributed by atoms with van der Waals surface area (Å²) in [6.45, 7) is 2.27. The van der Waals surface area contributed by atoms with Crippen molar-refractivity contribution in [3.8, 4) is 23.1 Å². The molecule has 180 valence electrons. The first kappa shape index (κ1) is 24.3. The normalized spacial score (nSPS) is 13.1. The summed E-state index contributed by atoms with van der Waals surface area (Å²) >= 11 is 0. The Labute approximate surface area is 197 Å². The molecule has 12 heteroatoms. The number of nitrogens with zero attached hydrogens (tertiary/aromatic N) is 4. The van der Waals surface area contributed by atoms with Crippen molar-refractivity contribution in [2.75, 3.05) is 0 Å². The summed E-state index contributed by atoms with van der Waals surface area (Å²) in [5, 5.41) is 10.2. The summed E-state index contributed by atoms with van der Waals surface area (Å²) in [6, 6.07) is 8.30. The monoisotopic (exact) mass is 503 g/mol. The third-order valence-electron chi connectivity index (χ3n) is 5.39. The Kier molecular flexibility index (Phi) is 6.08. The zero-order valence-electron chi connectivity index (χ0n) is 18.3. The molecule has 35 heavy (non-hydrogen) atoms. The maximum Gasteiger partial charge on any atom is 0.404 e. The van der Waals surface area contributed by atoms with Crippen molar-refractivity contribution in [2.24, 2.45) is 0 Å². The van der Waals surface area contributed by atoms with Crippen molar-refractivity contribution in [1.29, 1.82) is 5.26 Å². The number of fused-ring (bicyclic) bond motifs is 1. The lowest BCUT2D eigenvalue weighted by molar-refractivity contribution is -0.147. The van der Waals surface area contributed by atoms with Gasteiger partial charge in [0.1, 0.15) is 22.8 Å². The fourth-order valence-electron chi connectivity index (χ4n) is 3.58. The number of alkyl halides is 3. The topological polar surface area (TPSA) is 101 Å². The Balaban J connectivity index is 1.90. The summed E-state index contributed by atoms with van der Waals surface area (Å²) in [6.07, 6.45) is -0.794. The van der Waals surface area contributed by atoms with Gasteiger partial charge in [0.2, 0.25) is 10.0 Å². The molecular formula is C23H17F4N5O2S. The van der Waals surface area contributed by atoms with E-state index in [1.54, 1.807) is 34.4 Å². The largest absolute Gasteiger partial charge is 0.404 e. The van der Waals surface area contributed by atoms with E-state index in [2.05, 4.69) is 16.0 Å². The average Bonchev–Trinajstić information content (AvgIpc) is 3.12. The number of aryl methyl sites for hydroxylation is 1. The van der Waals surface area contributed by atoms with Crippen LogP contribution in [0.2, 0.25) is 0 Å². The number of sulfonamides is 1. The van der Waals surface area contributed by atoms with Gasteiger partial charge >= 0.3 is 6.18 Å². The Hall–Kier alpha value is -3.82. The molecule has 3 aromatic heterocycles. The molecule has 1 aromatic carbocycles. The zero-order chi connectivity index (χ0) is 25.5. The van der Waals surface area contributed by atoms with Crippen molar-refractivity contribution < 1.29 is 26.0 Å². The number of halogens is 4. The van der Waals surface area contributed by atoms with E-state index in [1.165, 1.54) is 24.5 Å². The van der Waals surface area contributed by atoms with Gasteiger partial charge in [-0.3, -0.25) is 9.97 Å². The van der Waals surface area contributed by atoms with E-state index < -0.39 is 33.0 Å². The van der Waals surface area contributed by atoms with Crippen LogP contribution in [0.1, 0.15) is 18.1 Å². The summed E-state index contributed by atoms with van der Waals surface area (Å²) < 4.78 is 80.9.